The van der Waals surface area contributed by atoms with Crippen LogP contribution in [0.2, 0.25) is 0 Å². The summed E-state index contributed by atoms with van der Waals surface area (Å²) in [5.74, 6) is 0.254. The molecule has 0 spiro atoms. The summed E-state index contributed by atoms with van der Waals surface area (Å²) >= 11 is 1.42. The summed E-state index contributed by atoms with van der Waals surface area (Å²) in [5.41, 5.74) is 2.26. The summed E-state index contributed by atoms with van der Waals surface area (Å²) in [7, 11) is 0. The number of aromatic nitrogens is 2. The number of hydrogen-bond acceptors (Lipinski definition) is 5. The summed E-state index contributed by atoms with van der Waals surface area (Å²) in [6, 6.07) is 7.46. The van der Waals surface area contributed by atoms with E-state index in [4.69, 9.17) is 4.74 Å². The molecule has 3 rings (SSSR count). The van der Waals surface area contributed by atoms with Gasteiger partial charge in [0.05, 0.1) is 5.69 Å². The van der Waals surface area contributed by atoms with Crippen molar-refractivity contribution in [1.82, 2.24) is 9.38 Å². The predicted octanol–water partition coefficient (Wildman–Crippen LogP) is 2.95. The van der Waals surface area contributed by atoms with Crippen LogP contribution in [-0.2, 0) is 11.2 Å². The fraction of sp³-hybridized carbons (Fsp3) is 0.278. The molecule has 0 bridgehead atoms. The van der Waals surface area contributed by atoms with E-state index in [-0.39, 0.29) is 17.9 Å². The standard InChI is InChI=1S/C18H19N3O3S/c1-4-13-10-25-18-19-12(3)16(17(23)21(13)18)20-15(22)9-24-14-8-6-5-7-11(14)2/h5-8,10H,4,9H2,1-3H3,(H,20,22). The third-order valence-electron chi connectivity index (χ3n) is 3.90. The third-order valence-corrected chi connectivity index (χ3v) is 4.77. The molecule has 25 heavy (non-hydrogen) atoms. The number of benzene rings is 1. The lowest BCUT2D eigenvalue weighted by Gasteiger charge is -2.11. The van der Waals surface area contributed by atoms with E-state index < -0.39 is 5.91 Å². The molecule has 2 heterocycles. The Bertz CT molecular complexity index is 991. The molecule has 0 saturated heterocycles. The quantitative estimate of drug-likeness (QED) is 0.762. The van der Waals surface area contributed by atoms with Crippen molar-refractivity contribution in [1.29, 1.82) is 0 Å². The first-order valence-electron chi connectivity index (χ1n) is 7.99. The number of nitrogens with one attached hydrogen (secondary N) is 1. The maximum atomic E-state index is 12.7. The van der Waals surface area contributed by atoms with E-state index in [1.54, 1.807) is 17.4 Å². The normalized spacial score (nSPS) is 10.8. The topological polar surface area (TPSA) is 72.7 Å². The lowest BCUT2D eigenvalue weighted by Crippen LogP contribution is -2.28. The van der Waals surface area contributed by atoms with Crippen LogP contribution in [0.3, 0.4) is 0 Å². The summed E-state index contributed by atoms with van der Waals surface area (Å²) < 4.78 is 7.08. The van der Waals surface area contributed by atoms with Gasteiger partial charge in [-0.2, -0.15) is 0 Å². The first kappa shape index (κ1) is 17.2. The summed E-state index contributed by atoms with van der Waals surface area (Å²) in [6.07, 6.45) is 0.717. The molecular formula is C18H19N3O3S. The molecule has 1 amide bonds. The van der Waals surface area contributed by atoms with Crippen molar-refractivity contribution in [3.63, 3.8) is 0 Å². The molecule has 130 valence electrons. The monoisotopic (exact) mass is 357 g/mol. The first-order valence-corrected chi connectivity index (χ1v) is 8.87. The van der Waals surface area contributed by atoms with E-state index in [9.17, 15) is 9.59 Å². The lowest BCUT2D eigenvalue weighted by atomic mass is 10.2. The second kappa shape index (κ2) is 7.06. The Labute approximate surface area is 149 Å². The zero-order chi connectivity index (χ0) is 18.0. The second-order valence-electron chi connectivity index (χ2n) is 5.68. The van der Waals surface area contributed by atoms with Crippen molar-refractivity contribution in [2.45, 2.75) is 27.2 Å². The van der Waals surface area contributed by atoms with Crippen molar-refractivity contribution < 1.29 is 9.53 Å². The summed E-state index contributed by atoms with van der Waals surface area (Å²) in [5, 5.41) is 4.56. The maximum Gasteiger partial charge on any atom is 0.282 e. The predicted molar refractivity (Wildman–Crippen MR) is 98.8 cm³/mol. The van der Waals surface area contributed by atoms with Gasteiger partial charge in [0.15, 0.2) is 11.6 Å². The molecule has 1 N–H and O–H groups in total. The van der Waals surface area contributed by atoms with Gasteiger partial charge in [0, 0.05) is 11.1 Å². The number of thiazole rings is 1. The van der Waals surface area contributed by atoms with Crippen LogP contribution in [0.1, 0.15) is 23.9 Å². The zero-order valence-corrected chi connectivity index (χ0v) is 15.1. The largest absolute Gasteiger partial charge is 0.483 e. The Hall–Kier alpha value is -2.67. The number of carbonyl (C=O) groups is 1. The van der Waals surface area contributed by atoms with Gasteiger partial charge in [-0.25, -0.2) is 4.98 Å². The molecule has 0 radical (unpaired) electrons. The lowest BCUT2D eigenvalue weighted by molar-refractivity contribution is -0.118. The third kappa shape index (κ3) is 3.41. The van der Waals surface area contributed by atoms with E-state index in [0.29, 0.717) is 22.8 Å². The van der Waals surface area contributed by atoms with E-state index in [1.165, 1.54) is 11.3 Å². The van der Waals surface area contributed by atoms with Crippen LogP contribution < -0.4 is 15.6 Å². The highest BCUT2D eigenvalue weighted by atomic mass is 32.1. The van der Waals surface area contributed by atoms with Crippen molar-refractivity contribution in [2.75, 3.05) is 11.9 Å². The Morgan fingerprint density at radius 3 is 2.80 bits per heavy atom. The number of aryl methyl sites for hydroxylation is 3. The van der Waals surface area contributed by atoms with Gasteiger partial charge < -0.3 is 10.1 Å². The van der Waals surface area contributed by atoms with Crippen molar-refractivity contribution in [2.24, 2.45) is 0 Å². The molecule has 2 aromatic heterocycles. The number of para-hydroxylation sites is 1. The fourth-order valence-electron chi connectivity index (χ4n) is 2.53. The smallest absolute Gasteiger partial charge is 0.282 e. The molecule has 0 unspecified atom stereocenters. The molecular weight excluding hydrogens is 338 g/mol. The van der Waals surface area contributed by atoms with E-state index in [0.717, 1.165) is 11.3 Å². The van der Waals surface area contributed by atoms with E-state index in [1.807, 2.05) is 37.4 Å². The SMILES string of the molecule is CCc1csc2nc(C)c(NC(=O)COc3ccccc3C)c(=O)n12. The van der Waals surface area contributed by atoms with Gasteiger partial charge in [0.2, 0.25) is 0 Å². The molecule has 0 aliphatic carbocycles. The van der Waals surface area contributed by atoms with Crippen LogP contribution in [0.5, 0.6) is 5.75 Å². The van der Waals surface area contributed by atoms with Crippen molar-refractivity contribution in [3.05, 3.63) is 57.0 Å². The number of anilines is 1. The molecule has 3 aromatic rings. The minimum atomic E-state index is -0.390. The van der Waals surface area contributed by atoms with Crippen LogP contribution >= 0.6 is 11.3 Å². The highest BCUT2D eigenvalue weighted by Crippen LogP contribution is 2.18. The van der Waals surface area contributed by atoms with Gasteiger partial charge in [0.1, 0.15) is 11.4 Å². The van der Waals surface area contributed by atoms with Gasteiger partial charge in [-0.3, -0.25) is 14.0 Å². The molecule has 1 aromatic carbocycles. The van der Waals surface area contributed by atoms with Gasteiger partial charge in [0.25, 0.3) is 11.5 Å². The number of nitrogens with zero attached hydrogens (tertiary/aromatic N) is 2. The number of hydrogen-bond donors (Lipinski definition) is 1. The Morgan fingerprint density at radius 2 is 2.08 bits per heavy atom. The summed E-state index contributed by atoms with van der Waals surface area (Å²) in [4.78, 5) is 30.0. The molecule has 0 fully saturated rings. The molecule has 0 atom stereocenters. The minimum Gasteiger partial charge on any atom is -0.483 e. The van der Waals surface area contributed by atoms with Gasteiger partial charge >= 0.3 is 0 Å². The van der Waals surface area contributed by atoms with Gasteiger partial charge in [-0.15, -0.1) is 11.3 Å². The highest BCUT2D eigenvalue weighted by molar-refractivity contribution is 7.15. The van der Waals surface area contributed by atoms with E-state index >= 15 is 0 Å². The van der Waals surface area contributed by atoms with Gasteiger partial charge in [-0.1, -0.05) is 25.1 Å². The molecule has 0 aliphatic heterocycles. The number of ether oxygens (including phenoxy) is 1. The summed E-state index contributed by atoms with van der Waals surface area (Å²) in [6.45, 7) is 5.42. The molecule has 0 aliphatic rings. The maximum absolute atomic E-state index is 12.7. The van der Waals surface area contributed by atoms with Gasteiger partial charge in [-0.05, 0) is 31.9 Å². The zero-order valence-electron chi connectivity index (χ0n) is 14.3. The molecule has 0 saturated carbocycles. The first-order chi connectivity index (χ1) is 12.0. The number of rotatable bonds is 5. The van der Waals surface area contributed by atoms with Crippen LogP contribution in [0.4, 0.5) is 5.69 Å². The van der Waals surface area contributed by atoms with Crippen LogP contribution in [0.25, 0.3) is 4.96 Å². The number of amides is 1. The molecule has 6 nitrogen and oxygen atoms in total. The van der Waals surface area contributed by atoms with Crippen LogP contribution in [0, 0.1) is 13.8 Å². The Morgan fingerprint density at radius 1 is 1.32 bits per heavy atom. The number of fused-ring (bicyclic) bond motifs is 1. The average Bonchev–Trinajstić information content (AvgIpc) is 3.00. The highest BCUT2D eigenvalue weighted by Gasteiger charge is 2.16. The number of carbonyl (C=O) groups excluding carboxylic acids is 1. The van der Waals surface area contributed by atoms with Crippen LogP contribution in [0.15, 0.2) is 34.4 Å². The second-order valence-corrected chi connectivity index (χ2v) is 6.51. The van der Waals surface area contributed by atoms with Crippen LogP contribution in [-0.4, -0.2) is 21.9 Å². The Balaban J connectivity index is 1.81. The Kier molecular flexibility index (Phi) is 4.85. The minimum absolute atomic E-state index is 0.170. The van der Waals surface area contributed by atoms with Crippen molar-refractivity contribution >= 4 is 27.9 Å². The molecule has 7 heteroatoms. The van der Waals surface area contributed by atoms with E-state index in [2.05, 4.69) is 10.3 Å². The average molecular weight is 357 g/mol. The van der Waals surface area contributed by atoms with Crippen molar-refractivity contribution in [3.8, 4) is 5.75 Å². The fourth-order valence-corrected chi connectivity index (χ4v) is 3.54.